The molecular formula is C16H21ClO3. The zero-order valence-electron chi connectivity index (χ0n) is 11.8. The normalized spacial score (nSPS) is 20.9. The van der Waals surface area contributed by atoms with Crippen molar-refractivity contribution in [3.05, 3.63) is 22.7 Å². The SMILES string of the molecule is COc1cc(CC2(O)CC2)cc(Cl)c1OC1CCCC1. The van der Waals surface area contributed by atoms with Crippen LogP contribution in [0.5, 0.6) is 11.5 Å². The quantitative estimate of drug-likeness (QED) is 0.899. The van der Waals surface area contributed by atoms with Gasteiger partial charge in [-0.25, -0.2) is 0 Å². The largest absolute Gasteiger partial charge is 0.493 e. The lowest BCUT2D eigenvalue weighted by Gasteiger charge is -2.19. The minimum absolute atomic E-state index is 0.250. The molecule has 0 radical (unpaired) electrons. The molecule has 0 atom stereocenters. The number of hydrogen-bond acceptors (Lipinski definition) is 3. The Kier molecular flexibility index (Phi) is 3.83. The van der Waals surface area contributed by atoms with Gasteiger partial charge in [-0.05, 0) is 56.2 Å². The van der Waals surface area contributed by atoms with Crippen molar-refractivity contribution in [2.75, 3.05) is 7.11 Å². The average molecular weight is 297 g/mol. The second-order valence-corrected chi connectivity index (χ2v) is 6.44. The molecule has 3 nitrogen and oxygen atoms in total. The number of ether oxygens (including phenoxy) is 2. The summed E-state index contributed by atoms with van der Waals surface area (Å²) in [5, 5.41) is 10.6. The fourth-order valence-electron chi connectivity index (χ4n) is 2.86. The van der Waals surface area contributed by atoms with E-state index in [1.807, 2.05) is 12.1 Å². The predicted octanol–water partition coefficient (Wildman–Crippen LogP) is 3.74. The third-order valence-electron chi connectivity index (χ3n) is 4.24. The van der Waals surface area contributed by atoms with Gasteiger partial charge in [0.25, 0.3) is 0 Å². The van der Waals surface area contributed by atoms with Crippen molar-refractivity contribution in [3.63, 3.8) is 0 Å². The first-order valence-corrected chi connectivity index (χ1v) is 7.73. The lowest BCUT2D eigenvalue weighted by molar-refractivity contribution is 0.150. The molecule has 2 aliphatic rings. The highest BCUT2D eigenvalue weighted by Crippen LogP contribution is 2.43. The summed E-state index contributed by atoms with van der Waals surface area (Å²) in [5.74, 6) is 1.32. The van der Waals surface area contributed by atoms with Gasteiger partial charge >= 0.3 is 0 Å². The molecule has 110 valence electrons. The molecule has 20 heavy (non-hydrogen) atoms. The Morgan fingerprint density at radius 2 is 2.00 bits per heavy atom. The Hall–Kier alpha value is -0.930. The van der Waals surface area contributed by atoms with Gasteiger partial charge in [0.2, 0.25) is 0 Å². The Morgan fingerprint density at radius 3 is 2.60 bits per heavy atom. The van der Waals surface area contributed by atoms with E-state index in [-0.39, 0.29) is 6.10 Å². The van der Waals surface area contributed by atoms with Crippen LogP contribution in [0.2, 0.25) is 5.02 Å². The van der Waals surface area contributed by atoms with Gasteiger partial charge in [0.1, 0.15) is 0 Å². The van der Waals surface area contributed by atoms with Crippen LogP contribution in [0, 0.1) is 0 Å². The number of benzene rings is 1. The van der Waals surface area contributed by atoms with Crippen LogP contribution in [0.25, 0.3) is 0 Å². The summed E-state index contributed by atoms with van der Waals surface area (Å²) in [6, 6.07) is 3.83. The molecule has 0 heterocycles. The topological polar surface area (TPSA) is 38.7 Å². The van der Waals surface area contributed by atoms with Crippen LogP contribution < -0.4 is 9.47 Å². The van der Waals surface area contributed by atoms with Gasteiger partial charge in [-0.1, -0.05) is 11.6 Å². The van der Waals surface area contributed by atoms with E-state index in [9.17, 15) is 5.11 Å². The van der Waals surface area contributed by atoms with Gasteiger partial charge in [-0.2, -0.15) is 0 Å². The molecular weight excluding hydrogens is 276 g/mol. The maximum atomic E-state index is 10.0. The standard InChI is InChI=1S/C16H21ClO3/c1-19-14-9-11(10-16(18)6-7-16)8-13(17)15(14)20-12-4-2-3-5-12/h8-9,12,18H,2-7,10H2,1H3. The average Bonchev–Trinajstić information content (AvgIpc) is 2.91. The van der Waals surface area contributed by atoms with Gasteiger partial charge < -0.3 is 14.6 Å². The third-order valence-corrected chi connectivity index (χ3v) is 4.52. The Morgan fingerprint density at radius 1 is 1.30 bits per heavy atom. The minimum atomic E-state index is -0.526. The molecule has 0 amide bonds. The van der Waals surface area contributed by atoms with E-state index in [1.54, 1.807) is 7.11 Å². The van der Waals surface area contributed by atoms with E-state index in [4.69, 9.17) is 21.1 Å². The minimum Gasteiger partial charge on any atom is -0.493 e. The molecule has 1 aromatic rings. The second-order valence-electron chi connectivity index (χ2n) is 6.03. The van der Waals surface area contributed by atoms with E-state index in [0.717, 1.165) is 31.2 Å². The van der Waals surface area contributed by atoms with Gasteiger partial charge in [0.05, 0.1) is 23.8 Å². The predicted molar refractivity (Wildman–Crippen MR) is 78.8 cm³/mol. The van der Waals surface area contributed by atoms with Crippen molar-refractivity contribution < 1.29 is 14.6 Å². The van der Waals surface area contributed by atoms with Crippen LogP contribution >= 0.6 is 11.6 Å². The highest BCUT2D eigenvalue weighted by Gasteiger charge is 2.40. The van der Waals surface area contributed by atoms with Crippen molar-refractivity contribution in [2.45, 2.75) is 56.7 Å². The summed E-state index contributed by atoms with van der Waals surface area (Å²) in [6.07, 6.45) is 7.22. The van der Waals surface area contributed by atoms with Gasteiger partial charge in [-0.3, -0.25) is 0 Å². The van der Waals surface area contributed by atoms with Crippen LogP contribution in [0.4, 0.5) is 0 Å². The van der Waals surface area contributed by atoms with Crippen LogP contribution in [0.3, 0.4) is 0 Å². The fraction of sp³-hybridized carbons (Fsp3) is 0.625. The molecule has 1 aromatic carbocycles. The molecule has 1 N–H and O–H groups in total. The van der Waals surface area contributed by atoms with Crippen molar-refractivity contribution in [3.8, 4) is 11.5 Å². The number of rotatable bonds is 5. The lowest BCUT2D eigenvalue weighted by Crippen LogP contribution is -2.13. The summed E-state index contributed by atoms with van der Waals surface area (Å²) in [4.78, 5) is 0. The van der Waals surface area contributed by atoms with Crippen LogP contribution in [0.1, 0.15) is 44.1 Å². The van der Waals surface area contributed by atoms with Crippen molar-refractivity contribution in [1.29, 1.82) is 0 Å². The highest BCUT2D eigenvalue weighted by atomic mass is 35.5. The van der Waals surface area contributed by atoms with Crippen molar-refractivity contribution in [2.24, 2.45) is 0 Å². The summed E-state index contributed by atoms with van der Waals surface area (Å²) in [5.41, 5.74) is 0.480. The molecule has 0 aromatic heterocycles. The monoisotopic (exact) mass is 296 g/mol. The fourth-order valence-corrected chi connectivity index (χ4v) is 3.14. The Labute approximate surface area is 124 Å². The first-order chi connectivity index (χ1) is 9.59. The van der Waals surface area contributed by atoms with E-state index < -0.39 is 5.60 Å². The summed E-state index contributed by atoms with van der Waals surface area (Å²) in [7, 11) is 1.63. The molecule has 2 fully saturated rings. The summed E-state index contributed by atoms with van der Waals surface area (Å²) >= 11 is 6.35. The van der Waals surface area contributed by atoms with Crippen LogP contribution in [-0.2, 0) is 6.42 Å². The van der Waals surface area contributed by atoms with E-state index in [0.29, 0.717) is 22.9 Å². The third kappa shape index (κ3) is 3.04. The molecule has 4 heteroatoms. The Balaban J connectivity index is 1.81. The number of methoxy groups -OCH3 is 1. The second kappa shape index (κ2) is 5.45. The molecule has 0 spiro atoms. The molecule has 2 saturated carbocycles. The smallest absolute Gasteiger partial charge is 0.180 e. The number of halogens is 1. The number of hydrogen-bond donors (Lipinski definition) is 1. The van der Waals surface area contributed by atoms with E-state index >= 15 is 0 Å². The van der Waals surface area contributed by atoms with E-state index in [1.165, 1.54) is 12.8 Å². The van der Waals surface area contributed by atoms with Gasteiger partial charge in [0.15, 0.2) is 11.5 Å². The maximum Gasteiger partial charge on any atom is 0.180 e. The molecule has 0 bridgehead atoms. The highest BCUT2D eigenvalue weighted by molar-refractivity contribution is 6.32. The van der Waals surface area contributed by atoms with Crippen molar-refractivity contribution >= 4 is 11.6 Å². The molecule has 0 aliphatic heterocycles. The summed E-state index contributed by atoms with van der Waals surface area (Å²) < 4.78 is 11.4. The zero-order chi connectivity index (χ0) is 14.2. The van der Waals surface area contributed by atoms with Crippen LogP contribution in [-0.4, -0.2) is 23.9 Å². The first-order valence-electron chi connectivity index (χ1n) is 7.35. The molecule has 0 saturated heterocycles. The molecule has 0 unspecified atom stereocenters. The summed E-state index contributed by atoms with van der Waals surface area (Å²) in [6.45, 7) is 0. The Bertz CT molecular complexity index is 491. The lowest BCUT2D eigenvalue weighted by atomic mass is 10.1. The molecule has 3 rings (SSSR count). The van der Waals surface area contributed by atoms with Gasteiger partial charge in [0, 0.05) is 6.42 Å². The maximum absolute atomic E-state index is 10.0. The zero-order valence-corrected chi connectivity index (χ0v) is 12.6. The van der Waals surface area contributed by atoms with Crippen LogP contribution in [0.15, 0.2) is 12.1 Å². The van der Waals surface area contributed by atoms with Gasteiger partial charge in [-0.15, -0.1) is 0 Å². The first kappa shape index (κ1) is 14.0. The molecule has 2 aliphatic carbocycles. The van der Waals surface area contributed by atoms with E-state index in [2.05, 4.69) is 0 Å². The number of aliphatic hydroxyl groups is 1. The van der Waals surface area contributed by atoms with Crippen molar-refractivity contribution in [1.82, 2.24) is 0 Å².